The van der Waals surface area contributed by atoms with Gasteiger partial charge < -0.3 is 5.11 Å². The molecule has 0 fully saturated rings. The third-order valence-corrected chi connectivity index (χ3v) is 4.42. The smallest absolute Gasteiger partial charge is 0.0941 e. The summed E-state index contributed by atoms with van der Waals surface area (Å²) in [7, 11) is 0. The van der Waals surface area contributed by atoms with Gasteiger partial charge >= 0.3 is 0 Å². The first-order valence-corrected chi connectivity index (χ1v) is 6.97. The number of thiazole rings is 1. The van der Waals surface area contributed by atoms with E-state index in [2.05, 4.69) is 37.0 Å². The van der Waals surface area contributed by atoms with Gasteiger partial charge in [-0.3, -0.25) is 0 Å². The van der Waals surface area contributed by atoms with Crippen LogP contribution in [-0.2, 0) is 6.42 Å². The van der Waals surface area contributed by atoms with Gasteiger partial charge in [-0.05, 0) is 44.4 Å². The Morgan fingerprint density at radius 1 is 1.17 bits per heavy atom. The normalized spacial score (nSPS) is 12.7. The Hall–Kier alpha value is -1.19. The maximum Gasteiger partial charge on any atom is 0.0941 e. The van der Waals surface area contributed by atoms with E-state index in [0.29, 0.717) is 6.42 Å². The van der Waals surface area contributed by atoms with Crippen LogP contribution in [0.15, 0.2) is 18.2 Å². The Bertz CT molecular complexity index is 560. The molecule has 0 radical (unpaired) electrons. The van der Waals surface area contributed by atoms with E-state index in [1.165, 1.54) is 16.7 Å². The molecule has 1 unspecified atom stereocenters. The van der Waals surface area contributed by atoms with Crippen molar-refractivity contribution in [2.45, 2.75) is 40.2 Å². The fraction of sp³-hybridized carbons (Fsp3) is 0.400. The summed E-state index contributed by atoms with van der Waals surface area (Å²) >= 11 is 1.59. The fourth-order valence-corrected chi connectivity index (χ4v) is 3.02. The third kappa shape index (κ3) is 2.79. The van der Waals surface area contributed by atoms with Crippen molar-refractivity contribution in [1.82, 2.24) is 4.98 Å². The number of hydrogen-bond donors (Lipinski definition) is 1. The minimum atomic E-state index is -0.446. The van der Waals surface area contributed by atoms with E-state index in [1.54, 1.807) is 11.3 Å². The molecular weight excluding hydrogens is 242 g/mol. The molecular formula is C15H19NOS. The first-order valence-electron chi connectivity index (χ1n) is 6.15. The highest BCUT2D eigenvalue weighted by atomic mass is 32.1. The van der Waals surface area contributed by atoms with Gasteiger partial charge in [-0.2, -0.15) is 0 Å². The Kier molecular flexibility index (Phi) is 3.83. The summed E-state index contributed by atoms with van der Waals surface area (Å²) < 4.78 is 0. The van der Waals surface area contributed by atoms with Crippen molar-refractivity contribution in [1.29, 1.82) is 0 Å². The second kappa shape index (κ2) is 5.21. The minimum absolute atomic E-state index is 0.446. The molecule has 2 aromatic rings. The number of aryl methyl sites for hydroxylation is 4. The molecule has 96 valence electrons. The van der Waals surface area contributed by atoms with Crippen LogP contribution in [-0.4, -0.2) is 10.1 Å². The van der Waals surface area contributed by atoms with Crippen molar-refractivity contribution in [2.24, 2.45) is 0 Å². The molecule has 2 rings (SSSR count). The van der Waals surface area contributed by atoms with E-state index in [1.807, 2.05) is 13.8 Å². The zero-order valence-electron chi connectivity index (χ0n) is 11.3. The molecule has 0 saturated heterocycles. The first-order chi connectivity index (χ1) is 8.47. The van der Waals surface area contributed by atoms with Crippen LogP contribution in [0.5, 0.6) is 0 Å². The standard InChI is InChI=1S/C15H19NOS/c1-9-5-6-13(7-10(9)2)8-14(17)15-11(3)16-12(4)18-15/h5-7,14,17H,8H2,1-4H3. The Balaban J connectivity index is 2.18. The van der Waals surface area contributed by atoms with E-state index >= 15 is 0 Å². The van der Waals surface area contributed by atoms with Crippen molar-refractivity contribution in [3.8, 4) is 0 Å². The zero-order valence-corrected chi connectivity index (χ0v) is 12.1. The minimum Gasteiger partial charge on any atom is -0.387 e. The summed E-state index contributed by atoms with van der Waals surface area (Å²) in [6.07, 6.45) is 0.210. The molecule has 0 amide bonds. The molecule has 1 aromatic heterocycles. The average Bonchev–Trinajstić information content (AvgIpc) is 2.63. The van der Waals surface area contributed by atoms with E-state index in [-0.39, 0.29) is 0 Å². The molecule has 1 N–H and O–H groups in total. The molecule has 0 aliphatic rings. The van der Waals surface area contributed by atoms with Gasteiger partial charge in [0.05, 0.1) is 21.7 Å². The van der Waals surface area contributed by atoms with Gasteiger partial charge in [0.25, 0.3) is 0 Å². The maximum atomic E-state index is 10.3. The second-order valence-electron chi connectivity index (χ2n) is 4.82. The number of aromatic nitrogens is 1. The van der Waals surface area contributed by atoms with Crippen molar-refractivity contribution in [3.63, 3.8) is 0 Å². The lowest BCUT2D eigenvalue weighted by molar-refractivity contribution is 0.181. The number of aliphatic hydroxyl groups excluding tert-OH is 1. The van der Waals surface area contributed by atoms with E-state index in [4.69, 9.17) is 0 Å². The van der Waals surface area contributed by atoms with Crippen LogP contribution in [0.2, 0.25) is 0 Å². The summed E-state index contributed by atoms with van der Waals surface area (Å²) in [5, 5.41) is 11.3. The highest BCUT2D eigenvalue weighted by molar-refractivity contribution is 7.11. The van der Waals surface area contributed by atoms with Gasteiger partial charge in [0.15, 0.2) is 0 Å². The van der Waals surface area contributed by atoms with Gasteiger partial charge in [0, 0.05) is 6.42 Å². The van der Waals surface area contributed by atoms with E-state index in [9.17, 15) is 5.11 Å². The molecule has 3 heteroatoms. The first kappa shape index (κ1) is 13.2. The van der Waals surface area contributed by atoms with Gasteiger partial charge in [-0.1, -0.05) is 18.2 Å². The van der Waals surface area contributed by atoms with E-state index < -0.39 is 6.10 Å². The van der Waals surface area contributed by atoms with Crippen LogP contribution < -0.4 is 0 Å². The lowest BCUT2D eigenvalue weighted by Gasteiger charge is -2.11. The molecule has 0 bridgehead atoms. The van der Waals surface area contributed by atoms with Crippen molar-refractivity contribution in [3.05, 3.63) is 50.5 Å². The SMILES string of the molecule is Cc1nc(C)c(C(O)Cc2ccc(C)c(C)c2)s1. The number of aliphatic hydroxyl groups is 1. The molecule has 1 heterocycles. The predicted octanol–water partition coefficient (Wildman–Crippen LogP) is 3.65. The zero-order chi connectivity index (χ0) is 13.3. The molecule has 18 heavy (non-hydrogen) atoms. The highest BCUT2D eigenvalue weighted by Crippen LogP contribution is 2.27. The largest absolute Gasteiger partial charge is 0.387 e. The summed E-state index contributed by atoms with van der Waals surface area (Å²) in [4.78, 5) is 5.36. The van der Waals surface area contributed by atoms with Crippen LogP contribution in [0.1, 0.15) is 38.4 Å². The van der Waals surface area contributed by atoms with Crippen molar-refractivity contribution in [2.75, 3.05) is 0 Å². The average molecular weight is 261 g/mol. The monoisotopic (exact) mass is 261 g/mol. The molecule has 0 aliphatic carbocycles. The molecule has 0 spiro atoms. The number of benzene rings is 1. The molecule has 0 saturated carbocycles. The molecule has 0 aliphatic heterocycles. The fourth-order valence-electron chi connectivity index (χ4n) is 2.10. The van der Waals surface area contributed by atoms with Gasteiger partial charge in [0.2, 0.25) is 0 Å². The van der Waals surface area contributed by atoms with Crippen LogP contribution in [0.3, 0.4) is 0 Å². The van der Waals surface area contributed by atoms with Crippen LogP contribution in [0, 0.1) is 27.7 Å². The van der Waals surface area contributed by atoms with Crippen molar-refractivity contribution < 1.29 is 5.11 Å². The summed E-state index contributed by atoms with van der Waals surface area (Å²) in [6.45, 7) is 8.14. The van der Waals surface area contributed by atoms with Crippen LogP contribution in [0.4, 0.5) is 0 Å². The van der Waals surface area contributed by atoms with Crippen molar-refractivity contribution >= 4 is 11.3 Å². The van der Waals surface area contributed by atoms with Gasteiger partial charge in [-0.15, -0.1) is 11.3 Å². The predicted molar refractivity (Wildman–Crippen MR) is 76.2 cm³/mol. The lowest BCUT2D eigenvalue weighted by Crippen LogP contribution is -2.02. The summed E-state index contributed by atoms with van der Waals surface area (Å²) in [5.74, 6) is 0. The van der Waals surface area contributed by atoms with E-state index in [0.717, 1.165) is 15.6 Å². The molecule has 1 atom stereocenters. The molecule has 1 aromatic carbocycles. The quantitative estimate of drug-likeness (QED) is 0.914. The number of rotatable bonds is 3. The Labute approximate surface area is 112 Å². The summed E-state index contributed by atoms with van der Waals surface area (Å²) in [5.41, 5.74) is 4.69. The lowest BCUT2D eigenvalue weighted by atomic mass is 10.0. The number of hydrogen-bond acceptors (Lipinski definition) is 3. The highest BCUT2D eigenvalue weighted by Gasteiger charge is 2.15. The van der Waals surface area contributed by atoms with Crippen LogP contribution in [0.25, 0.3) is 0 Å². The number of nitrogens with zero attached hydrogens (tertiary/aromatic N) is 1. The Morgan fingerprint density at radius 3 is 2.44 bits per heavy atom. The molecule has 2 nitrogen and oxygen atoms in total. The summed E-state index contributed by atoms with van der Waals surface area (Å²) in [6, 6.07) is 6.36. The third-order valence-electron chi connectivity index (χ3n) is 3.24. The van der Waals surface area contributed by atoms with Gasteiger partial charge in [-0.25, -0.2) is 4.98 Å². The topological polar surface area (TPSA) is 33.1 Å². The van der Waals surface area contributed by atoms with Crippen LogP contribution >= 0.6 is 11.3 Å². The van der Waals surface area contributed by atoms with Gasteiger partial charge in [0.1, 0.15) is 0 Å². The maximum absolute atomic E-state index is 10.3. The second-order valence-corrected chi connectivity index (χ2v) is 6.06. The Morgan fingerprint density at radius 2 is 1.89 bits per heavy atom.